The average Bonchev–Trinajstić information content (AvgIpc) is 2.43. The van der Waals surface area contributed by atoms with E-state index in [1.165, 1.54) is 11.4 Å². The molecule has 6 nitrogen and oxygen atoms in total. The third kappa shape index (κ3) is 2.78. The van der Waals surface area contributed by atoms with Gasteiger partial charge in [-0.1, -0.05) is 6.07 Å². The van der Waals surface area contributed by atoms with Crippen molar-refractivity contribution in [3.8, 4) is 0 Å². The Morgan fingerprint density at radius 2 is 2.10 bits per heavy atom. The maximum atomic E-state index is 12.5. The number of benzene rings is 1. The summed E-state index contributed by atoms with van der Waals surface area (Å²) in [4.78, 5) is 4.37. The smallest absolute Gasteiger partial charge is 0.243 e. The van der Waals surface area contributed by atoms with E-state index < -0.39 is 10.0 Å². The summed E-state index contributed by atoms with van der Waals surface area (Å²) in [7, 11) is -2.14. The summed E-state index contributed by atoms with van der Waals surface area (Å²) in [5.74, 6) is -0.0355. The Kier molecular flexibility index (Phi) is 4.01. The number of amidine groups is 1. The second-order valence-electron chi connectivity index (χ2n) is 4.43. The third-order valence-corrected chi connectivity index (χ3v) is 4.90. The van der Waals surface area contributed by atoms with Crippen molar-refractivity contribution in [1.82, 2.24) is 9.29 Å². The Bertz CT molecular complexity index is 738. The van der Waals surface area contributed by atoms with Gasteiger partial charge >= 0.3 is 0 Å². The first kappa shape index (κ1) is 14.4. The van der Waals surface area contributed by atoms with Crippen molar-refractivity contribution in [3.05, 3.63) is 36.5 Å². The zero-order valence-electron chi connectivity index (χ0n) is 11.1. The number of fused-ring (bicyclic) bond motifs is 1. The summed E-state index contributed by atoms with van der Waals surface area (Å²) < 4.78 is 26.3. The Hall–Kier alpha value is -1.99. The monoisotopic (exact) mass is 292 g/mol. The van der Waals surface area contributed by atoms with E-state index in [1.54, 1.807) is 36.5 Å². The highest BCUT2D eigenvalue weighted by Gasteiger charge is 2.22. The molecule has 7 heteroatoms. The van der Waals surface area contributed by atoms with Gasteiger partial charge in [-0.2, -0.15) is 0 Å². The van der Waals surface area contributed by atoms with E-state index in [-0.39, 0.29) is 23.7 Å². The molecule has 3 N–H and O–H groups in total. The molecule has 20 heavy (non-hydrogen) atoms. The van der Waals surface area contributed by atoms with Gasteiger partial charge in [-0.3, -0.25) is 10.4 Å². The van der Waals surface area contributed by atoms with Crippen molar-refractivity contribution in [2.24, 2.45) is 5.73 Å². The fourth-order valence-corrected chi connectivity index (χ4v) is 3.23. The molecular weight excluding hydrogens is 276 g/mol. The summed E-state index contributed by atoms with van der Waals surface area (Å²) >= 11 is 0. The predicted octanol–water partition coefficient (Wildman–Crippen LogP) is 1.18. The summed E-state index contributed by atoms with van der Waals surface area (Å²) in [6, 6.07) is 8.43. The summed E-state index contributed by atoms with van der Waals surface area (Å²) in [6.45, 7) is 0.175. The Balaban J connectivity index is 2.44. The lowest BCUT2D eigenvalue weighted by molar-refractivity contribution is 0.479. The first-order chi connectivity index (χ1) is 9.43. The van der Waals surface area contributed by atoms with Gasteiger partial charge in [-0.15, -0.1) is 0 Å². The van der Waals surface area contributed by atoms with Crippen LogP contribution in [0.15, 0.2) is 41.4 Å². The van der Waals surface area contributed by atoms with E-state index >= 15 is 0 Å². The van der Waals surface area contributed by atoms with Gasteiger partial charge in [0.15, 0.2) is 0 Å². The number of hydrogen-bond acceptors (Lipinski definition) is 4. The van der Waals surface area contributed by atoms with Crippen LogP contribution in [-0.2, 0) is 10.0 Å². The quantitative estimate of drug-likeness (QED) is 0.638. The van der Waals surface area contributed by atoms with E-state index in [1.807, 2.05) is 0 Å². The van der Waals surface area contributed by atoms with Crippen LogP contribution >= 0.6 is 0 Å². The standard InChI is InChI=1S/C13H16N4O2S/c1-17(9-7-13(14)15)20(18,19)12-6-2-5-11-10(12)4-3-8-16-11/h2-6,8H,7,9H2,1H3,(H3,14,15). The van der Waals surface area contributed by atoms with Crippen molar-refractivity contribution >= 4 is 26.8 Å². The molecule has 0 radical (unpaired) electrons. The van der Waals surface area contributed by atoms with Gasteiger partial charge in [0.2, 0.25) is 10.0 Å². The number of nitrogens with two attached hydrogens (primary N) is 1. The SMILES string of the molecule is CN(CCC(=N)N)S(=O)(=O)c1cccc2ncccc12. The molecule has 0 saturated carbocycles. The number of nitrogens with one attached hydrogen (secondary N) is 1. The Morgan fingerprint density at radius 1 is 1.35 bits per heavy atom. The van der Waals surface area contributed by atoms with E-state index in [0.29, 0.717) is 10.9 Å². The fourth-order valence-electron chi connectivity index (χ4n) is 1.87. The molecule has 0 atom stereocenters. The summed E-state index contributed by atoms with van der Waals surface area (Å²) in [5.41, 5.74) is 5.90. The van der Waals surface area contributed by atoms with Gasteiger partial charge in [-0.05, 0) is 24.3 Å². The fraction of sp³-hybridized carbons (Fsp3) is 0.231. The Morgan fingerprint density at radius 3 is 2.80 bits per heavy atom. The van der Waals surface area contributed by atoms with Crippen LogP contribution in [-0.4, -0.2) is 37.1 Å². The van der Waals surface area contributed by atoms with Crippen LogP contribution in [0, 0.1) is 5.41 Å². The lowest BCUT2D eigenvalue weighted by Gasteiger charge is -2.17. The van der Waals surface area contributed by atoms with E-state index in [9.17, 15) is 8.42 Å². The normalized spacial score (nSPS) is 11.9. The van der Waals surface area contributed by atoms with Crippen LogP contribution in [0.1, 0.15) is 6.42 Å². The van der Waals surface area contributed by atoms with Crippen molar-refractivity contribution in [2.45, 2.75) is 11.3 Å². The minimum Gasteiger partial charge on any atom is -0.388 e. The van der Waals surface area contributed by atoms with E-state index in [0.717, 1.165) is 0 Å². The van der Waals surface area contributed by atoms with Crippen molar-refractivity contribution in [1.29, 1.82) is 5.41 Å². The molecule has 0 fully saturated rings. The molecule has 1 aromatic heterocycles. The molecule has 0 aliphatic carbocycles. The zero-order chi connectivity index (χ0) is 14.8. The average molecular weight is 292 g/mol. The highest BCUT2D eigenvalue weighted by molar-refractivity contribution is 7.89. The number of hydrogen-bond donors (Lipinski definition) is 2. The molecule has 0 unspecified atom stereocenters. The number of pyridine rings is 1. The van der Waals surface area contributed by atoms with Crippen molar-refractivity contribution in [3.63, 3.8) is 0 Å². The zero-order valence-corrected chi connectivity index (χ0v) is 11.9. The van der Waals surface area contributed by atoms with Crippen LogP contribution in [0.5, 0.6) is 0 Å². The second kappa shape index (κ2) is 5.56. The molecule has 1 heterocycles. The minimum absolute atomic E-state index is 0.0355. The molecule has 0 bridgehead atoms. The molecule has 0 saturated heterocycles. The first-order valence-corrected chi connectivity index (χ1v) is 7.50. The number of sulfonamides is 1. The lowest BCUT2D eigenvalue weighted by Crippen LogP contribution is -2.30. The molecule has 1 aromatic carbocycles. The van der Waals surface area contributed by atoms with Gasteiger partial charge < -0.3 is 5.73 Å². The third-order valence-electron chi connectivity index (χ3n) is 2.99. The molecule has 106 valence electrons. The highest BCUT2D eigenvalue weighted by atomic mass is 32.2. The van der Waals surface area contributed by atoms with Crippen LogP contribution in [0.25, 0.3) is 10.9 Å². The molecule has 0 amide bonds. The molecule has 0 aliphatic heterocycles. The van der Waals surface area contributed by atoms with Gasteiger partial charge in [0.25, 0.3) is 0 Å². The summed E-state index contributed by atoms with van der Waals surface area (Å²) in [5, 5.41) is 7.76. The van der Waals surface area contributed by atoms with Crippen molar-refractivity contribution in [2.75, 3.05) is 13.6 Å². The second-order valence-corrected chi connectivity index (χ2v) is 6.44. The van der Waals surface area contributed by atoms with Crippen LogP contribution < -0.4 is 5.73 Å². The van der Waals surface area contributed by atoms with Gasteiger partial charge in [0.05, 0.1) is 16.2 Å². The van der Waals surface area contributed by atoms with E-state index in [4.69, 9.17) is 11.1 Å². The van der Waals surface area contributed by atoms with Crippen LogP contribution in [0.4, 0.5) is 0 Å². The largest absolute Gasteiger partial charge is 0.388 e. The lowest BCUT2D eigenvalue weighted by atomic mass is 10.2. The van der Waals surface area contributed by atoms with Gasteiger partial charge in [0.1, 0.15) is 0 Å². The van der Waals surface area contributed by atoms with Crippen LogP contribution in [0.3, 0.4) is 0 Å². The molecule has 2 aromatic rings. The minimum atomic E-state index is -3.62. The van der Waals surface area contributed by atoms with Crippen molar-refractivity contribution < 1.29 is 8.42 Å². The molecule has 0 spiro atoms. The summed E-state index contributed by atoms with van der Waals surface area (Å²) in [6.07, 6.45) is 1.83. The van der Waals surface area contributed by atoms with E-state index in [2.05, 4.69) is 4.98 Å². The molecule has 0 aliphatic rings. The number of nitrogens with zero attached hydrogens (tertiary/aromatic N) is 2. The number of rotatable bonds is 5. The number of aromatic nitrogens is 1. The van der Waals surface area contributed by atoms with Gasteiger partial charge in [0, 0.05) is 31.6 Å². The predicted molar refractivity (Wildman–Crippen MR) is 78.1 cm³/mol. The first-order valence-electron chi connectivity index (χ1n) is 6.06. The molecular formula is C13H16N4O2S. The molecule has 2 rings (SSSR count). The topological polar surface area (TPSA) is 100 Å². The maximum Gasteiger partial charge on any atom is 0.243 e. The highest BCUT2D eigenvalue weighted by Crippen LogP contribution is 2.23. The maximum absolute atomic E-state index is 12.5. The van der Waals surface area contributed by atoms with Gasteiger partial charge in [-0.25, -0.2) is 12.7 Å². The Labute approximate surface area is 117 Å². The van der Waals surface area contributed by atoms with Crippen LogP contribution in [0.2, 0.25) is 0 Å².